The van der Waals surface area contributed by atoms with Crippen molar-refractivity contribution in [2.75, 3.05) is 0 Å². The summed E-state index contributed by atoms with van der Waals surface area (Å²) in [5.74, 6) is 2.22. The number of rotatable bonds is 0. The maximum Gasteiger partial charge on any atom is 0.198 e. The van der Waals surface area contributed by atoms with E-state index in [9.17, 15) is 14.4 Å². The smallest absolute Gasteiger partial charge is 0.198 e. The molecular formula is C19H26O3. The van der Waals surface area contributed by atoms with E-state index in [0.29, 0.717) is 42.3 Å². The van der Waals surface area contributed by atoms with Gasteiger partial charge in [-0.1, -0.05) is 13.8 Å². The maximum atomic E-state index is 12.4. The Morgan fingerprint density at radius 2 is 1.68 bits per heavy atom. The average molecular weight is 302 g/mol. The third-order valence-electron chi connectivity index (χ3n) is 8.06. The molecule has 4 aliphatic rings. The van der Waals surface area contributed by atoms with E-state index >= 15 is 0 Å². The van der Waals surface area contributed by atoms with Crippen molar-refractivity contribution in [1.29, 1.82) is 0 Å². The quantitative estimate of drug-likeness (QED) is 0.645. The Bertz CT molecular complexity index is 565. The molecule has 0 heterocycles. The van der Waals surface area contributed by atoms with Crippen LogP contribution >= 0.6 is 0 Å². The highest BCUT2D eigenvalue weighted by Crippen LogP contribution is 2.64. The van der Waals surface area contributed by atoms with Crippen molar-refractivity contribution in [3.8, 4) is 0 Å². The highest BCUT2D eigenvalue weighted by molar-refractivity contribution is 6.38. The maximum absolute atomic E-state index is 12.4. The van der Waals surface area contributed by atoms with Gasteiger partial charge < -0.3 is 0 Å². The molecule has 22 heavy (non-hydrogen) atoms. The van der Waals surface area contributed by atoms with E-state index in [2.05, 4.69) is 13.8 Å². The number of carbonyl (C=O) groups is 3. The molecule has 0 unspecified atom stereocenters. The minimum Gasteiger partial charge on any atom is -0.299 e. The van der Waals surface area contributed by atoms with E-state index < -0.39 is 0 Å². The summed E-state index contributed by atoms with van der Waals surface area (Å²) in [6, 6.07) is 0. The molecule has 0 aliphatic heterocycles. The summed E-state index contributed by atoms with van der Waals surface area (Å²) in [5, 5.41) is 0. The molecule has 0 N–H and O–H groups in total. The number of Topliss-reactive ketones (excluding diaryl/α,β-unsaturated/α-hetero) is 3. The van der Waals surface area contributed by atoms with Crippen LogP contribution in [0.4, 0.5) is 0 Å². The molecule has 0 saturated heterocycles. The number of ketones is 3. The van der Waals surface area contributed by atoms with Crippen LogP contribution in [-0.2, 0) is 14.4 Å². The fourth-order valence-corrected chi connectivity index (χ4v) is 6.70. The first kappa shape index (κ1) is 14.6. The highest BCUT2D eigenvalue weighted by Gasteiger charge is 2.61. The van der Waals surface area contributed by atoms with Gasteiger partial charge in [-0.25, -0.2) is 0 Å². The molecular weight excluding hydrogens is 276 g/mol. The Kier molecular flexibility index (Phi) is 3.00. The Labute approximate surface area is 132 Å². The van der Waals surface area contributed by atoms with Crippen LogP contribution in [-0.4, -0.2) is 17.3 Å². The SMILES string of the molecule is C[C@]12CC(=O)C(=O)C[C@@H]1CC[C@@H]1[C@@H]2CC[C@]2(C)C(=O)CC[C@@H]12. The molecule has 0 aromatic heterocycles. The lowest BCUT2D eigenvalue weighted by atomic mass is 9.45. The minimum atomic E-state index is -0.143. The Morgan fingerprint density at radius 3 is 2.45 bits per heavy atom. The molecule has 6 atom stereocenters. The normalized spacial score (nSPS) is 51.3. The largest absolute Gasteiger partial charge is 0.299 e. The predicted molar refractivity (Wildman–Crippen MR) is 82.1 cm³/mol. The molecule has 0 aromatic carbocycles. The van der Waals surface area contributed by atoms with Crippen molar-refractivity contribution in [1.82, 2.24) is 0 Å². The topological polar surface area (TPSA) is 51.2 Å². The molecule has 4 aliphatic carbocycles. The molecule has 4 fully saturated rings. The summed E-state index contributed by atoms with van der Waals surface area (Å²) >= 11 is 0. The van der Waals surface area contributed by atoms with Gasteiger partial charge in [0, 0.05) is 24.7 Å². The number of hydrogen-bond acceptors (Lipinski definition) is 3. The van der Waals surface area contributed by atoms with E-state index in [1.54, 1.807) is 0 Å². The van der Waals surface area contributed by atoms with Crippen molar-refractivity contribution >= 4 is 17.3 Å². The molecule has 0 amide bonds. The van der Waals surface area contributed by atoms with Gasteiger partial charge in [-0.3, -0.25) is 14.4 Å². The average Bonchev–Trinajstić information content (AvgIpc) is 2.77. The van der Waals surface area contributed by atoms with Gasteiger partial charge in [0.05, 0.1) is 0 Å². The van der Waals surface area contributed by atoms with Crippen molar-refractivity contribution < 1.29 is 14.4 Å². The number of carbonyl (C=O) groups excluding carboxylic acids is 3. The fourth-order valence-electron chi connectivity index (χ4n) is 6.70. The van der Waals surface area contributed by atoms with E-state index in [4.69, 9.17) is 0 Å². The second-order valence-corrected chi connectivity index (χ2v) is 8.80. The molecule has 3 heteroatoms. The molecule has 0 spiro atoms. The zero-order valence-electron chi connectivity index (χ0n) is 13.7. The zero-order valence-corrected chi connectivity index (χ0v) is 13.7. The van der Waals surface area contributed by atoms with Crippen molar-refractivity contribution in [2.45, 2.75) is 65.2 Å². The lowest BCUT2D eigenvalue weighted by molar-refractivity contribution is -0.155. The molecule has 4 saturated carbocycles. The van der Waals surface area contributed by atoms with Gasteiger partial charge in [0.25, 0.3) is 0 Å². The number of fused-ring (bicyclic) bond motifs is 5. The Balaban J connectivity index is 1.67. The number of hydrogen-bond donors (Lipinski definition) is 0. The van der Waals surface area contributed by atoms with Crippen molar-refractivity contribution in [3.63, 3.8) is 0 Å². The van der Waals surface area contributed by atoms with Crippen LogP contribution in [0.2, 0.25) is 0 Å². The van der Waals surface area contributed by atoms with Crippen LogP contribution in [0, 0.1) is 34.5 Å². The first-order chi connectivity index (χ1) is 10.4. The van der Waals surface area contributed by atoms with Crippen LogP contribution in [0.15, 0.2) is 0 Å². The fraction of sp³-hybridized carbons (Fsp3) is 0.842. The predicted octanol–water partition coefficient (Wildman–Crippen LogP) is 3.35. The third-order valence-corrected chi connectivity index (χ3v) is 8.06. The van der Waals surface area contributed by atoms with Crippen molar-refractivity contribution in [3.05, 3.63) is 0 Å². The molecule has 3 nitrogen and oxygen atoms in total. The van der Waals surface area contributed by atoms with Crippen LogP contribution < -0.4 is 0 Å². The van der Waals surface area contributed by atoms with Crippen LogP contribution in [0.25, 0.3) is 0 Å². The molecule has 0 radical (unpaired) electrons. The zero-order chi connectivity index (χ0) is 15.7. The molecule has 0 aromatic rings. The van der Waals surface area contributed by atoms with Crippen molar-refractivity contribution in [2.24, 2.45) is 34.5 Å². The Hall–Kier alpha value is -0.990. The molecule has 0 bridgehead atoms. The van der Waals surface area contributed by atoms with E-state index in [0.717, 1.165) is 38.5 Å². The first-order valence-corrected chi connectivity index (χ1v) is 8.95. The molecule has 120 valence electrons. The summed E-state index contributed by atoms with van der Waals surface area (Å²) in [6.07, 6.45) is 7.00. The second kappa shape index (κ2) is 4.52. The van der Waals surface area contributed by atoms with E-state index in [1.165, 1.54) is 0 Å². The first-order valence-electron chi connectivity index (χ1n) is 8.95. The van der Waals surface area contributed by atoms with Gasteiger partial charge in [-0.2, -0.15) is 0 Å². The van der Waals surface area contributed by atoms with E-state index in [-0.39, 0.29) is 22.4 Å². The van der Waals surface area contributed by atoms with Gasteiger partial charge >= 0.3 is 0 Å². The summed E-state index contributed by atoms with van der Waals surface area (Å²) in [5.41, 5.74) is -0.0975. The van der Waals surface area contributed by atoms with Crippen LogP contribution in [0.3, 0.4) is 0 Å². The van der Waals surface area contributed by atoms with Gasteiger partial charge in [0.1, 0.15) is 5.78 Å². The Morgan fingerprint density at radius 1 is 0.909 bits per heavy atom. The third kappa shape index (κ3) is 1.71. The lowest BCUT2D eigenvalue weighted by Crippen LogP contribution is -2.55. The highest BCUT2D eigenvalue weighted by atomic mass is 16.2. The summed E-state index contributed by atoms with van der Waals surface area (Å²) in [6.45, 7) is 4.45. The van der Waals surface area contributed by atoms with Crippen LogP contribution in [0.1, 0.15) is 65.2 Å². The monoisotopic (exact) mass is 302 g/mol. The summed E-state index contributed by atoms with van der Waals surface area (Å²) in [4.78, 5) is 36.3. The second-order valence-electron chi connectivity index (χ2n) is 8.80. The molecule has 4 rings (SSSR count). The summed E-state index contributed by atoms with van der Waals surface area (Å²) in [7, 11) is 0. The summed E-state index contributed by atoms with van der Waals surface area (Å²) < 4.78 is 0. The van der Waals surface area contributed by atoms with Gasteiger partial charge in [0.2, 0.25) is 0 Å². The minimum absolute atomic E-state index is 0.000871. The standard InChI is InChI=1S/C19H26O3/c1-18-8-7-14-12(13(18)5-6-17(18)22)4-3-11-9-15(20)16(21)10-19(11,14)2/h11-14H,3-10H2,1-2H3/t11-,12-,13-,14-,18-,19-/m0/s1. The lowest BCUT2D eigenvalue weighted by Gasteiger charge is -2.58. The van der Waals surface area contributed by atoms with Gasteiger partial charge in [0.15, 0.2) is 11.6 Å². The van der Waals surface area contributed by atoms with Crippen LogP contribution in [0.5, 0.6) is 0 Å². The van der Waals surface area contributed by atoms with Gasteiger partial charge in [-0.15, -0.1) is 0 Å². The van der Waals surface area contributed by atoms with E-state index in [1.807, 2.05) is 0 Å². The van der Waals surface area contributed by atoms with Gasteiger partial charge in [-0.05, 0) is 61.2 Å².